The summed E-state index contributed by atoms with van der Waals surface area (Å²) >= 11 is 0. The van der Waals surface area contributed by atoms with Crippen LogP contribution >= 0.6 is 0 Å². The Morgan fingerprint density at radius 1 is 0.794 bits per heavy atom. The van der Waals surface area contributed by atoms with Crippen LogP contribution in [0.3, 0.4) is 0 Å². The van der Waals surface area contributed by atoms with E-state index in [1.54, 1.807) is 42.5 Å². The molecule has 0 fully saturated rings. The normalized spacial score (nSPS) is 17.9. The third kappa shape index (κ3) is 5.31. The summed E-state index contributed by atoms with van der Waals surface area (Å²) in [5.74, 6) is 0.610. The van der Waals surface area contributed by atoms with Crippen LogP contribution in [0.4, 0.5) is 8.78 Å². The van der Waals surface area contributed by atoms with Crippen LogP contribution < -0.4 is 0 Å². The predicted octanol–water partition coefficient (Wildman–Crippen LogP) is 6.73. The molecule has 5 heteroatoms. The van der Waals surface area contributed by atoms with Crippen molar-refractivity contribution in [3.8, 4) is 0 Å². The zero-order chi connectivity index (χ0) is 24.1. The smallest absolute Gasteiger partial charge is 0.203 e. The highest BCUT2D eigenvalue weighted by atomic mass is 19.1. The van der Waals surface area contributed by atoms with Crippen molar-refractivity contribution in [2.45, 2.75) is 13.8 Å². The number of allylic oxidation sites excluding steroid dienone is 8. The minimum Gasteiger partial charge on any atom is -0.507 e. The molecule has 2 aromatic carbocycles. The molecule has 0 amide bonds. The summed E-state index contributed by atoms with van der Waals surface area (Å²) < 4.78 is 35.1. The van der Waals surface area contributed by atoms with Gasteiger partial charge in [-0.3, -0.25) is 0 Å². The van der Waals surface area contributed by atoms with Crippen LogP contribution in [0.2, 0.25) is 0 Å². The molecule has 0 saturated carbocycles. The molecule has 3 nitrogen and oxygen atoms in total. The molecule has 2 aliphatic rings. The molecule has 1 heterocycles. The quantitative estimate of drug-likeness (QED) is 0.504. The van der Waals surface area contributed by atoms with E-state index in [9.17, 15) is 13.9 Å². The van der Waals surface area contributed by atoms with Crippen LogP contribution in [0.1, 0.15) is 25.0 Å². The number of hydrogen-bond acceptors (Lipinski definition) is 2. The van der Waals surface area contributed by atoms with Crippen LogP contribution in [0.5, 0.6) is 0 Å². The van der Waals surface area contributed by atoms with Gasteiger partial charge in [-0.1, -0.05) is 12.1 Å². The topological polar surface area (TPSA) is 32.5 Å². The van der Waals surface area contributed by atoms with E-state index in [2.05, 4.69) is 18.4 Å². The lowest BCUT2D eigenvalue weighted by Crippen LogP contribution is -2.20. The third-order valence-electron chi connectivity index (χ3n) is 5.69. The van der Waals surface area contributed by atoms with E-state index in [1.165, 1.54) is 24.3 Å². The highest BCUT2D eigenvalue weighted by Gasteiger charge is 2.16. The van der Waals surface area contributed by atoms with Crippen molar-refractivity contribution in [1.82, 2.24) is 0 Å². The van der Waals surface area contributed by atoms with Crippen LogP contribution in [0, 0.1) is 11.6 Å². The fourth-order valence-corrected chi connectivity index (χ4v) is 3.80. The molecular formula is C29H26F2NO2+. The average molecular weight is 459 g/mol. The second kappa shape index (κ2) is 10.3. The summed E-state index contributed by atoms with van der Waals surface area (Å²) in [6.45, 7) is 5.85. The molecule has 1 aliphatic heterocycles. The lowest BCUT2D eigenvalue weighted by atomic mass is 10.00. The highest BCUT2D eigenvalue weighted by molar-refractivity contribution is 6.03. The molecule has 0 bridgehead atoms. The third-order valence-corrected chi connectivity index (χ3v) is 5.69. The number of hydrogen-bond donors (Lipinski definition) is 1. The van der Waals surface area contributed by atoms with Gasteiger partial charge >= 0.3 is 0 Å². The molecule has 0 radical (unpaired) electrons. The molecule has 34 heavy (non-hydrogen) atoms. The van der Waals surface area contributed by atoms with Crippen molar-refractivity contribution in [3.63, 3.8) is 0 Å². The van der Waals surface area contributed by atoms with Crippen LogP contribution in [-0.4, -0.2) is 28.5 Å². The minimum atomic E-state index is -0.331. The predicted molar refractivity (Wildman–Crippen MR) is 132 cm³/mol. The van der Waals surface area contributed by atoms with Gasteiger partial charge in [0.2, 0.25) is 5.71 Å². The Morgan fingerprint density at radius 3 is 2.00 bits per heavy atom. The summed E-state index contributed by atoms with van der Waals surface area (Å²) in [6.07, 6.45) is 12.8. The molecule has 0 unspecified atom stereocenters. The lowest BCUT2D eigenvalue weighted by molar-refractivity contribution is -0.519. The molecule has 4 rings (SSSR count). The van der Waals surface area contributed by atoms with E-state index in [0.29, 0.717) is 22.7 Å². The Hall–Kier alpha value is -3.99. The van der Waals surface area contributed by atoms with Gasteiger partial charge in [0.15, 0.2) is 0 Å². The molecule has 172 valence electrons. The zero-order valence-electron chi connectivity index (χ0n) is 19.1. The molecule has 1 N–H and O–H groups in total. The van der Waals surface area contributed by atoms with E-state index in [4.69, 9.17) is 4.74 Å². The highest BCUT2D eigenvalue weighted by Crippen LogP contribution is 2.32. The van der Waals surface area contributed by atoms with Gasteiger partial charge < -0.3 is 9.84 Å². The molecular weight excluding hydrogens is 432 g/mol. The zero-order valence-corrected chi connectivity index (χ0v) is 19.1. The first-order chi connectivity index (χ1) is 16.5. The van der Waals surface area contributed by atoms with Crippen molar-refractivity contribution >= 4 is 17.0 Å². The number of halogens is 2. The second-order valence-electron chi connectivity index (χ2n) is 7.88. The molecule has 0 atom stereocenters. The maximum Gasteiger partial charge on any atom is 0.203 e. The number of aliphatic hydroxyl groups is 1. The van der Waals surface area contributed by atoms with Crippen LogP contribution in [0.15, 0.2) is 108 Å². The average Bonchev–Trinajstić information content (AvgIpc) is 2.85. The van der Waals surface area contributed by atoms with Crippen LogP contribution in [0.25, 0.3) is 11.3 Å². The van der Waals surface area contributed by atoms with Gasteiger partial charge in [0.1, 0.15) is 42.0 Å². The van der Waals surface area contributed by atoms with Crippen molar-refractivity contribution in [3.05, 3.63) is 131 Å². The number of benzene rings is 2. The van der Waals surface area contributed by atoms with Gasteiger partial charge in [0.25, 0.3) is 0 Å². The maximum absolute atomic E-state index is 13.4. The van der Waals surface area contributed by atoms with Gasteiger partial charge in [-0.05, 0) is 91.8 Å². The molecule has 1 aliphatic carbocycles. The number of ether oxygens (including phenoxy) is 1. The second-order valence-corrected chi connectivity index (χ2v) is 7.88. The molecule has 0 saturated heterocycles. The van der Waals surface area contributed by atoms with E-state index >= 15 is 0 Å². The van der Waals surface area contributed by atoms with Crippen molar-refractivity contribution in [2.24, 2.45) is 0 Å². The summed E-state index contributed by atoms with van der Waals surface area (Å²) in [7, 11) is 0. The lowest BCUT2D eigenvalue weighted by Gasteiger charge is -2.18. The largest absolute Gasteiger partial charge is 0.507 e. The number of rotatable bonds is 5. The Kier molecular flexibility index (Phi) is 7.02. The Bertz CT molecular complexity index is 1280. The summed E-state index contributed by atoms with van der Waals surface area (Å²) in [5, 5.41) is 10.5. The molecule has 0 spiro atoms. The first-order valence-corrected chi connectivity index (χ1v) is 11.2. The number of aliphatic hydroxyl groups excluding tert-OH is 1. The first kappa shape index (κ1) is 23.2. The fraction of sp³-hybridized carbons (Fsp3) is 0.138. The Labute approximate surface area is 198 Å². The summed E-state index contributed by atoms with van der Waals surface area (Å²) in [6, 6.07) is 12.3. The fourth-order valence-electron chi connectivity index (χ4n) is 3.80. The SMILES string of the molecule is CC[N+](CC)=C1C=CC(=CC=C2C=C(c3ccc(F)cc3)C=C(c3ccc(F)cc3)O2)C(O)=C1. The van der Waals surface area contributed by atoms with Crippen molar-refractivity contribution < 1.29 is 23.2 Å². The van der Waals surface area contributed by atoms with Gasteiger partial charge in [-0.15, -0.1) is 0 Å². The van der Waals surface area contributed by atoms with Gasteiger partial charge in [0, 0.05) is 17.2 Å². The molecule has 2 aromatic rings. The van der Waals surface area contributed by atoms with Crippen molar-refractivity contribution in [1.29, 1.82) is 0 Å². The molecule has 0 aromatic heterocycles. The summed E-state index contributed by atoms with van der Waals surface area (Å²) in [5.41, 5.74) is 3.97. The van der Waals surface area contributed by atoms with E-state index in [-0.39, 0.29) is 17.4 Å². The maximum atomic E-state index is 13.4. The van der Waals surface area contributed by atoms with E-state index in [1.807, 2.05) is 24.3 Å². The van der Waals surface area contributed by atoms with Crippen molar-refractivity contribution in [2.75, 3.05) is 13.1 Å². The monoisotopic (exact) mass is 458 g/mol. The Balaban J connectivity index is 1.69. The standard InChI is InChI=1S/C29H25F2NO2/c1-3-32(4-2)26-15-9-21(28(33)19-26)10-16-27-17-23(20-5-11-24(30)12-6-20)18-29(34-27)22-7-13-25(31)14-8-22/h5-19H,3-4H2,1-2H3/p+1. The number of nitrogens with zero attached hydrogens (tertiary/aromatic N) is 1. The first-order valence-electron chi connectivity index (χ1n) is 11.2. The van der Waals surface area contributed by atoms with Gasteiger partial charge in [-0.25, -0.2) is 13.4 Å². The minimum absolute atomic E-state index is 0.175. The summed E-state index contributed by atoms with van der Waals surface area (Å²) in [4.78, 5) is 0. The Morgan fingerprint density at radius 2 is 1.41 bits per heavy atom. The van der Waals surface area contributed by atoms with Crippen LogP contribution in [-0.2, 0) is 4.74 Å². The van der Waals surface area contributed by atoms with Gasteiger partial charge in [-0.2, -0.15) is 0 Å². The van der Waals surface area contributed by atoms with E-state index in [0.717, 1.165) is 29.9 Å². The van der Waals surface area contributed by atoms with Gasteiger partial charge in [0.05, 0.1) is 6.08 Å². The van der Waals surface area contributed by atoms with E-state index < -0.39 is 0 Å².